The van der Waals surface area contributed by atoms with Crippen molar-refractivity contribution < 1.29 is 57.9 Å². The smallest absolute Gasteiger partial charge is 0.412 e. The molecule has 16 heteroatoms. The molecule has 1 radical (unpaired) electrons. The Balaban J connectivity index is -0.0000000135. The summed E-state index contributed by atoms with van der Waals surface area (Å²) in [6.45, 7) is 0. The van der Waals surface area contributed by atoms with Gasteiger partial charge in [-0.3, -0.25) is 0 Å². The maximum absolute atomic E-state index is 8.25. The topological polar surface area (TPSA) is 293 Å². The molecule has 0 heterocycles. The quantitative estimate of drug-likeness (QED) is 0.318. The van der Waals surface area contributed by atoms with Gasteiger partial charge < -0.3 is 62.4 Å². The molecule has 0 spiro atoms. The summed E-state index contributed by atoms with van der Waals surface area (Å²) in [5.41, 5.74) is 0. The van der Waals surface area contributed by atoms with Crippen LogP contribution < -0.4 is 0 Å². The van der Waals surface area contributed by atoms with E-state index in [0.717, 1.165) is 0 Å². The molecular formula is H6N3O12Zr. The van der Waals surface area contributed by atoms with Crippen molar-refractivity contribution in [3.8, 4) is 0 Å². The van der Waals surface area contributed by atoms with Gasteiger partial charge in [0.2, 0.25) is 0 Å². The normalized spacial score (nSPS) is 4.50. The summed E-state index contributed by atoms with van der Waals surface area (Å²) in [5, 5.41) is 44.2. The zero-order valence-electron chi connectivity index (χ0n) is 7.02. The molecule has 0 unspecified atom stereocenters. The second kappa shape index (κ2) is 37.7. The second-order valence-electron chi connectivity index (χ2n) is 0.671. The standard InChI is InChI=1S/3NO3.3H2O.Zr/c3*2-1(3)4;;;;/h;;;3*1H2;/q3*-1;;;;+3. The van der Waals surface area contributed by atoms with E-state index in [0.29, 0.717) is 0 Å². The average Bonchev–Trinajstić information content (AvgIpc) is 1.54. The zero-order valence-corrected chi connectivity index (χ0v) is 9.47. The van der Waals surface area contributed by atoms with Crippen LogP contribution in [0.25, 0.3) is 0 Å². The van der Waals surface area contributed by atoms with Crippen molar-refractivity contribution in [2.75, 3.05) is 0 Å². The Morgan fingerprint density at radius 2 is 0.500 bits per heavy atom. The van der Waals surface area contributed by atoms with Gasteiger partial charge >= 0.3 is 26.2 Å². The summed E-state index contributed by atoms with van der Waals surface area (Å²) in [5.74, 6) is 0. The molecule has 0 saturated carbocycles. The monoisotopic (exact) mass is 330 g/mol. The van der Waals surface area contributed by atoms with Crippen molar-refractivity contribution in [3.63, 3.8) is 0 Å². The first-order chi connectivity index (χ1) is 5.20. The Morgan fingerprint density at radius 3 is 0.500 bits per heavy atom. The van der Waals surface area contributed by atoms with E-state index in [1.54, 1.807) is 0 Å². The maximum Gasteiger partial charge on any atom is 3.00 e. The molecule has 0 bridgehead atoms. The Bertz CT molecular complexity index is 114. The van der Waals surface area contributed by atoms with Crippen LogP contribution in [0.15, 0.2) is 0 Å². The molecule has 15 nitrogen and oxygen atoms in total. The first kappa shape index (κ1) is 47.3. The van der Waals surface area contributed by atoms with Crippen LogP contribution >= 0.6 is 0 Å². The molecule has 0 aliphatic heterocycles. The van der Waals surface area contributed by atoms with E-state index < -0.39 is 15.3 Å². The zero-order chi connectivity index (χ0) is 10.7. The molecular weight excluding hydrogens is 325 g/mol. The third-order valence-electron chi connectivity index (χ3n) is 0. The first-order valence-electron chi connectivity index (χ1n) is 1.64. The molecule has 0 fully saturated rings. The fourth-order valence-electron chi connectivity index (χ4n) is 0. The van der Waals surface area contributed by atoms with Gasteiger partial charge in [0.25, 0.3) is 0 Å². The molecule has 97 valence electrons. The van der Waals surface area contributed by atoms with Gasteiger partial charge in [0.05, 0.1) is 15.3 Å². The van der Waals surface area contributed by atoms with Crippen LogP contribution in [0.5, 0.6) is 0 Å². The molecule has 16 heavy (non-hydrogen) atoms. The predicted molar refractivity (Wildman–Crippen MR) is 41.9 cm³/mol. The van der Waals surface area contributed by atoms with E-state index in [2.05, 4.69) is 0 Å². The number of rotatable bonds is 0. The number of nitrogens with zero attached hydrogens (tertiary/aromatic N) is 3. The fraction of sp³-hybridized carbons (Fsp3) is 0. The SMILES string of the molecule is O.O.O.O=[N+]([O-])[O-].O=[N+]([O-])[O-].O=[N+]([O-])[O-].[Zr+3]. The van der Waals surface area contributed by atoms with E-state index in [4.69, 9.17) is 46.0 Å². The van der Waals surface area contributed by atoms with Crippen molar-refractivity contribution in [2.45, 2.75) is 0 Å². The number of hydrogen-bond donors (Lipinski definition) is 0. The largest absolute Gasteiger partial charge is 3.00 e. The third-order valence-corrected chi connectivity index (χ3v) is 0. The van der Waals surface area contributed by atoms with Gasteiger partial charge in [-0.05, 0) is 0 Å². The van der Waals surface area contributed by atoms with Crippen molar-refractivity contribution in [3.05, 3.63) is 46.0 Å². The van der Waals surface area contributed by atoms with Crippen LogP contribution in [0.3, 0.4) is 0 Å². The van der Waals surface area contributed by atoms with Gasteiger partial charge in [-0.2, -0.15) is 0 Å². The van der Waals surface area contributed by atoms with Crippen LogP contribution in [0.2, 0.25) is 0 Å². The summed E-state index contributed by atoms with van der Waals surface area (Å²) in [4.78, 5) is 24.8. The minimum atomic E-state index is -1.75. The summed E-state index contributed by atoms with van der Waals surface area (Å²) in [6, 6.07) is 0. The summed E-state index contributed by atoms with van der Waals surface area (Å²) in [6.07, 6.45) is 0. The van der Waals surface area contributed by atoms with Crippen LogP contribution in [0.1, 0.15) is 0 Å². The summed E-state index contributed by atoms with van der Waals surface area (Å²) in [7, 11) is 0. The van der Waals surface area contributed by atoms with Crippen molar-refractivity contribution in [2.24, 2.45) is 0 Å². The molecule has 0 aliphatic rings. The third kappa shape index (κ3) is 596. The first-order valence-corrected chi connectivity index (χ1v) is 1.64. The van der Waals surface area contributed by atoms with Gasteiger partial charge in [-0.15, -0.1) is 0 Å². The van der Waals surface area contributed by atoms with Crippen LogP contribution in [-0.4, -0.2) is 31.7 Å². The van der Waals surface area contributed by atoms with Crippen molar-refractivity contribution >= 4 is 0 Å². The molecule has 0 aromatic rings. The van der Waals surface area contributed by atoms with Crippen LogP contribution in [0.4, 0.5) is 0 Å². The Morgan fingerprint density at radius 1 is 0.500 bits per heavy atom. The second-order valence-corrected chi connectivity index (χ2v) is 0.671. The summed E-state index contributed by atoms with van der Waals surface area (Å²) >= 11 is 0. The maximum atomic E-state index is 8.25. The van der Waals surface area contributed by atoms with E-state index in [1.165, 1.54) is 0 Å². The molecule has 6 N–H and O–H groups in total. The molecule has 0 atom stereocenters. The molecule has 0 saturated heterocycles. The van der Waals surface area contributed by atoms with Crippen LogP contribution in [-0.2, 0) is 26.2 Å². The van der Waals surface area contributed by atoms with E-state index in [9.17, 15) is 0 Å². The fourth-order valence-corrected chi connectivity index (χ4v) is 0. The van der Waals surface area contributed by atoms with E-state index >= 15 is 0 Å². The van der Waals surface area contributed by atoms with Gasteiger partial charge in [0.15, 0.2) is 0 Å². The molecule has 0 aromatic heterocycles. The molecule has 0 aliphatic carbocycles. The van der Waals surface area contributed by atoms with Gasteiger partial charge in [-0.25, -0.2) is 0 Å². The van der Waals surface area contributed by atoms with E-state index in [1.807, 2.05) is 0 Å². The van der Waals surface area contributed by atoms with E-state index in [-0.39, 0.29) is 42.6 Å². The Hall–Kier alpha value is -1.64. The molecule has 0 rings (SSSR count). The van der Waals surface area contributed by atoms with Crippen molar-refractivity contribution in [1.29, 1.82) is 0 Å². The molecule has 0 aromatic carbocycles. The van der Waals surface area contributed by atoms with Gasteiger partial charge in [0, 0.05) is 0 Å². The van der Waals surface area contributed by atoms with Gasteiger partial charge in [-0.1, -0.05) is 0 Å². The Kier molecular flexibility index (Phi) is 111. The Labute approximate surface area is 104 Å². The van der Waals surface area contributed by atoms with Crippen LogP contribution in [0, 0.1) is 46.0 Å². The minimum absolute atomic E-state index is 0. The molecule has 0 amide bonds. The number of hydrogen-bond acceptors (Lipinski definition) is 9. The minimum Gasteiger partial charge on any atom is -0.412 e. The van der Waals surface area contributed by atoms with Gasteiger partial charge in [0.1, 0.15) is 0 Å². The summed E-state index contributed by atoms with van der Waals surface area (Å²) < 4.78 is 0. The van der Waals surface area contributed by atoms with Crippen molar-refractivity contribution in [1.82, 2.24) is 0 Å². The average molecular weight is 331 g/mol. The predicted octanol–water partition coefficient (Wildman–Crippen LogP) is -3.19.